The highest BCUT2D eigenvalue weighted by molar-refractivity contribution is 7.22. The van der Waals surface area contributed by atoms with Crippen LogP contribution in [0.3, 0.4) is 0 Å². The quantitative estimate of drug-likeness (QED) is 0.677. The second kappa shape index (κ2) is 7.20. The van der Waals surface area contributed by atoms with E-state index in [1.54, 1.807) is 30.3 Å². The van der Waals surface area contributed by atoms with Gasteiger partial charge in [0.25, 0.3) is 5.91 Å². The predicted octanol–water partition coefficient (Wildman–Crippen LogP) is 5.24. The standard InChI is InChI=1S/C18H17ClN2O2S/c1-11(2)10-23-13-8-6-12(7-9-13)17(22)21-18-20-16-14(19)4-3-5-15(16)24-18/h3-9,11H,10H2,1-2H3,(H,20,21,22). The van der Waals surface area contributed by atoms with Crippen LogP contribution in [0.4, 0.5) is 5.13 Å². The van der Waals surface area contributed by atoms with Gasteiger partial charge >= 0.3 is 0 Å². The topological polar surface area (TPSA) is 51.2 Å². The summed E-state index contributed by atoms with van der Waals surface area (Å²) in [4.78, 5) is 16.7. The van der Waals surface area contributed by atoms with Gasteiger partial charge in [-0.15, -0.1) is 0 Å². The van der Waals surface area contributed by atoms with Crippen molar-refractivity contribution in [2.24, 2.45) is 5.92 Å². The number of fused-ring (bicyclic) bond motifs is 1. The Morgan fingerprint density at radius 3 is 2.67 bits per heavy atom. The summed E-state index contributed by atoms with van der Waals surface area (Å²) < 4.78 is 6.56. The van der Waals surface area contributed by atoms with E-state index >= 15 is 0 Å². The van der Waals surface area contributed by atoms with Crippen LogP contribution in [0.25, 0.3) is 10.2 Å². The molecule has 124 valence electrons. The number of amides is 1. The molecule has 1 amide bonds. The largest absolute Gasteiger partial charge is 0.493 e. The molecular formula is C18H17ClN2O2S. The molecule has 0 unspecified atom stereocenters. The van der Waals surface area contributed by atoms with Crippen LogP contribution in [0.5, 0.6) is 5.75 Å². The number of carbonyl (C=O) groups excluding carboxylic acids is 1. The molecule has 1 N–H and O–H groups in total. The first kappa shape index (κ1) is 16.7. The number of carbonyl (C=O) groups is 1. The van der Waals surface area contributed by atoms with Crippen LogP contribution in [0, 0.1) is 5.92 Å². The smallest absolute Gasteiger partial charge is 0.257 e. The number of nitrogens with zero attached hydrogens (tertiary/aromatic N) is 1. The summed E-state index contributed by atoms with van der Waals surface area (Å²) in [5, 5.41) is 3.92. The number of benzene rings is 2. The maximum Gasteiger partial charge on any atom is 0.257 e. The molecule has 24 heavy (non-hydrogen) atoms. The number of anilines is 1. The summed E-state index contributed by atoms with van der Waals surface area (Å²) in [5.41, 5.74) is 1.26. The SMILES string of the molecule is CC(C)COc1ccc(C(=O)Nc2nc3c(Cl)cccc3s2)cc1. The third kappa shape index (κ3) is 3.86. The lowest BCUT2D eigenvalue weighted by Crippen LogP contribution is -2.11. The van der Waals surface area contributed by atoms with Crippen molar-refractivity contribution in [2.75, 3.05) is 11.9 Å². The number of thiazole rings is 1. The number of para-hydroxylation sites is 1. The fourth-order valence-electron chi connectivity index (χ4n) is 2.10. The normalized spacial score (nSPS) is 11.0. The third-order valence-corrected chi connectivity index (χ3v) is 4.53. The van der Waals surface area contributed by atoms with E-state index < -0.39 is 0 Å². The molecule has 3 aromatic rings. The van der Waals surface area contributed by atoms with E-state index in [2.05, 4.69) is 24.1 Å². The highest BCUT2D eigenvalue weighted by Gasteiger charge is 2.11. The minimum absolute atomic E-state index is 0.208. The molecule has 6 heteroatoms. The van der Waals surface area contributed by atoms with Crippen molar-refractivity contribution >= 4 is 44.2 Å². The van der Waals surface area contributed by atoms with Crippen molar-refractivity contribution in [1.82, 2.24) is 4.98 Å². The predicted molar refractivity (Wildman–Crippen MR) is 99.4 cm³/mol. The summed E-state index contributed by atoms with van der Waals surface area (Å²) in [5.74, 6) is 1.01. The highest BCUT2D eigenvalue weighted by atomic mass is 35.5. The number of nitrogens with one attached hydrogen (secondary N) is 1. The number of rotatable bonds is 5. The number of ether oxygens (including phenoxy) is 1. The van der Waals surface area contributed by atoms with E-state index in [1.165, 1.54) is 11.3 Å². The molecule has 0 atom stereocenters. The average molecular weight is 361 g/mol. The Kier molecular flexibility index (Phi) is 5.02. The third-order valence-electron chi connectivity index (χ3n) is 3.29. The molecule has 3 rings (SSSR count). The fourth-order valence-corrected chi connectivity index (χ4v) is 3.26. The van der Waals surface area contributed by atoms with Crippen molar-refractivity contribution in [3.8, 4) is 5.75 Å². The first-order valence-electron chi connectivity index (χ1n) is 7.62. The Labute approximate surface area is 149 Å². The van der Waals surface area contributed by atoms with Crippen LogP contribution in [-0.4, -0.2) is 17.5 Å². The van der Waals surface area contributed by atoms with Crippen molar-refractivity contribution < 1.29 is 9.53 Å². The Morgan fingerprint density at radius 1 is 1.25 bits per heavy atom. The molecule has 0 bridgehead atoms. The molecule has 0 aliphatic heterocycles. The van der Waals surface area contributed by atoms with Gasteiger partial charge in [-0.25, -0.2) is 4.98 Å². The Morgan fingerprint density at radius 2 is 2.00 bits per heavy atom. The lowest BCUT2D eigenvalue weighted by molar-refractivity contribution is 0.102. The summed E-state index contributed by atoms with van der Waals surface area (Å²) in [7, 11) is 0. The second-order valence-corrected chi connectivity index (χ2v) is 7.23. The monoisotopic (exact) mass is 360 g/mol. The minimum atomic E-state index is -0.208. The van der Waals surface area contributed by atoms with Gasteiger partial charge in [0.05, 0.1) is 16.3 Å². The van der Waals surface area contributed by atoms with Crippen molar-refractivity contribution in [3.05, 3.63) is 53.1 Å². The summed E-state index contributed by atoms with van der Waals surface area (Å²) in [6, 6.07) is 12.7. The zero-order chi connectivity index (χ0) is 17.1. The zero-order valence-corrected chi connectivity index (χ0v) is 14.9. The van der Waals surface area contributed by atoms with Gasteiger partial charge in [-0.3, -0.25) is 10.1 Å². The molecule has 0 fully saturated rings. The van der Waals surface area contributed by atoms with Gasteiger partial charge in [0.1, 0.15) is 11.3 Å². The molecule has 2 aromatic carbocycles. The minimum Gasteiger partial charge on any atom is -0.493 e. The lowest BCUT2D eigenvalue weighted by atomic mass is 10.2. The molecule has 0 aliphatic carbocycles. The van der Waals surface area contributed by atoms with E-state index in [9.17, 15) is 4.79 Å². The van der Waals surface area contributed by atoms with E-state index in [-0.39, 0.29) is 5.91 Å². The molecule has 0 spiro atoms. The molecule has 1 aromatic heterocycles. The second-order valence-electron chi connectivity index (χ2n) is 5.79. The van der Waals surface area contributed by atoms with Crippen LogP contribution in [0.15, 0.2) is 42.5 Å². The first-order chi connectivity index (χ1) is 11.5. The number of aromatic nitrogens is 1. The molecule has 0 saturated heterocycles. The number of hydrogen-bond donors (Lipinski definition) is 1. The highest BCUT2D eigenvalue weighted by Crippen LogP contribution is 2.30. The van der Waals surface area contributed by atoms with Crippen LogP contribution in [-0.2, 0) is 0 Å². The molecule has 0 radical (unpaired) electrons. The van der Waals surface area contributed by atoms with Crippen LogP contribution in [0.1, 0.15) is 24.2 Å². The van der Waals surface area contributed by atoms with Gasteiger partial charge in [-0.1, -0.05) is 42.9 Å². The maximum absolute atomic E-state index is 12.3. The van der Waals surface area contributed by atoms with E-state index in [4.69, 9.17) is 16.3 Å². The number of halogens is 1. The van der Waals surface area contributed by atoms with E-state index in [1.807, 2.05) is 12.1 Å². The number of hydrogen-bond acceptors (Lipinski definition) is 4. The molecule has 0 aliphatic rings. The lowest BCUT2D eigenvalue weighted by Gasteiger charge is -2.09. The van der Waals surface area contributed by atoms with Crippen molar-refractivity contribution in [1.29, 1.82) is 0 Å². The van der Waals surface area contributed by atoms with Crippen molar-refractivity contribution in [2.45, 2.75) is 13.8 Å². The van der Waals surface area contributed by atoms with Gasteiger partial charge in [-0.05, 0) is 42.3 Å². The molecule has 1 heterocycles. The van der Waals surface area contributed by atoms with E-state index in [0.29, 0.717) is 33.8 Å². The van der Waals surface area contributed by atoms with Crippen LogP contribution in [0.2, 0.25) is 5.02 Å². The fraction of sp³-hybridized carbons (Fsp3) is 0.222. The zero-order valence-electron chi connectivity index (χ0n) is 13.4. The van der Waals surface area contributed by atoms with Crippen LogP contribution < -0.4 is 10.1 Å². The molecule has 0 saturated carbocycles. The van der Waals surface area contributed by atoms with Gasteiger partial charge < -0.3 is 4.74 Å². The Balaban J connectivity index is 1.70. The molecular weight excluding hydrogens is 344 g/mol. The van der Waals surface area contributed by atoms with Gasteiger partial charge in [-0.2, -0.15) is 0 Å². The average Bonchev–Trinajstić information content (AvgIpc) is 2.97. The Bertz CT molecular complexity index is 859. The van der Waals surface area contributed by atoms with E-state index in [0.717, 1.165) is 10.4 Å². The van der Waals surface area contributed by atoms with Gasteiger partial charge in [0.15, 0.2) is 5.13 Å². The van der Waals surface area contributed by atoms with Crippen molar-refractivity contribution in [3.63, 3.8) is 0 Å². The summed E-state index contributed by atoms with van der Waals surface area (Å²) in [6.45, 7) is 4.83. The van der Waals surface area contributed by atoms with Gasteiger partial charge in [0.2, 0.25) is 0 Å². The molecule has 4 nitrogen and oxygen atoms in total. The maximum atomic E-state index is 12.3. The Hall–Kier alpha value is -2.11. The first-order valence-corrected chi connectivity index (χ1v) is 8.81. The summed E-state index contributed by atoms with van der Waals surface area (Å²) >= 11 is 7.51. The van der Waals surface area contributed by atoms with Crippen LogP contribution >= 0.6 is 22.9 Å². The summed E-state index contributed by atoms with van der Waals surface area (Å²) in [6.07, 6.45) is 0. The van der Waals surface area contributed by atoms with Gasteiger partial charge in [0, 0.05) is 5.56 Å².